The summed E-state index contributed by atoms with van der Waals surface area (Å²) in [6.45, 7) is 1.42. The van der Waals surface area contributed by atoms with Crippen molar-refractivity contribution in [2.75, 3.05) is 23.8 Å². The Morgan fingerprint density at radius 1 is 1.08 bits per heavy atom. The Morgan fingerprint density at radius 3 is 2.56 bits per heavy atom. The minimum absolute atomic E-state index is 0.0423. The zero-order valence-corrected chi connectivity index (χ0v) is 20.4. The number of carbonyl (C=O) groups excluding carboxylic acids is 1. The molecule has 1 saturated heterocycles. The van der Waals surface area contributed by atoms with E-state index in [1.807, 2.05) is 4.57 Å². The molecule has 4 N–H and O–H groups in total. The number of nitrogens with zero attached hydrogens (tertiary/aromatic N) is 4. The summed E-state index contributed by atoms with van der Waals surface area (Å²) in [5.74, 6) is -1.48. The Labute approximate surface area is 211 Å². The van der Waals surface area contributed by atoms with Crippen molar-refractivity contribution in [3.63, 3.8) is 0 Å². The lowest BCUT2D eigenvalue weighted by atomic mass is 9.85. The van der Waals surface area contributed by atoms with Gasteiger partial charge in [0, 0.05) is 36.2 Å². The Hall–Kier alpha value is -3.05. The standard InChI is InChI=1S/C24H28ClF2N7O2/c25-14-10-17(26)20(18(27)11-14)32-24-31-19-12-29-23(30-15-2-1-8-36-9-7-15)33-22(19)34(24)16-5-3-13(4-6-16)21(28)35/h10-13,15-16H,1-9H2,(H2,28,35)(H,31,32)(H,29,30,33)/t13-,15?,16+. The van der Waals surface area contributed by atoms with Gasteiger partial charge in [0.15, 0.2) is 17.3 Å². The third-order valence-electron chi connectivity index (χ3n) is 6.93. The molecule has 1 aromatic carbocycles. The van der Waals surface area contributed by atoms with Crippen LogP contribution in [0.2, 0.25) is 5.02 Å². The smallest absolute Gasteiger partial charge is 0.224 e. The highest BCUT2D eigenvalue weighted by molar-refractivity contribution is 6.30. The minimum Gasteiger partial charge on any atom is -0.381 e. The highest BCUT2D eigenvalue weighted by atomic mass is 35.5. The fraction of sp³-hybridized carbons (Fsp3) is 0.500. The lowest BCUT2D eigenvalue weighted by Gasteiger charge is -2.29. The number of hydrogen-bond acceptors (Lipinski definition) is 7. The van der Waals surface area contributed by atoms with Crippen LogP contribution < -0.4 is 16.4 Å². The van der Waals surface area contributed by atoms with Crippen LogP contribution in [-0.4, -0.2) is 44.7 Å². The molecular formula is C24H28ClF2N7O2. The number of amides is 1. The van der Waals surface area contributed by atoms with E-state index in [1.54, 1.807) is 6.20 Å². The van der Waals surface area contributed by atoms with Crippen molar-refractivity contribution < 1.29 is 18.3 Å². The summed E-state index contributed by atoms with van der Waals surface area (Å²) < 4.78 is 36.6. The lowest BCUT2D eigenvalue weighted by Crippen LogP contribution is -2.29. The van der Waals surface area contributed by atoms with E-state index in [-0.39, 0.29) is 40.6 Å². The largest absolute Gasteiger partial charge is 0.381 e. The number of ether oxygens (including phenoxy) is 1. The molecule has 36 heavy (non-hydrogen) atoms. The Morgan fingerprint density at radius 2 is 1.83 bits per heavy atom. The van der Waals surface area contributed by atoms with Gasteiger partial charge in [0.2, 0.25) is 17.8 Å². The summed E-state index contributed by atoms with van der Waals surface area (Å²) in [4.78, 5) is 25.4. The predicted molar refractivity (Wildman–Crippen MR) is 132 cm³/mol. The van der Waals surface area contributed by atoms with Gasteiger partial charge in [-0.25, -0.2) is 18.7 Å². The maximum absolute atomic E-state index is 14.6. The fourth-order valence-corrected chi connectivity index (χ4v) is 5.21. The molecule has 1 aliphatic carbocycles. The maximum Gasteiger partial charge on any atom is 0.224 e. The average molecular weight is 520 g/mol. The normalized spacial score (nSPS) is 22.8. The molecule has 2 aromatic heterocycles. The molecule has 0 spiro atoms. The number of imidazole rings is 1. The van der Waals surface area contributed by atoms with Crippen LogP contribution >= 0.6 is 11.6 Å². The van der Waals surface area contributed by atoms with Gasteiger partial charge >= 0.3 is 0 Å². The van der Waals surface area contributed by atoms with Gasteiger partial charge in [-0.05, 0) is 57.1 Å². The van der Waals surface area contributed by atoms with Crippen molar-refractivity contribution in [3.8, 4) is 0 Å². The quantitative estimate of drug-likeness (QED) is 0.431. The predicted octanol–water partition coefficient (Wildman–Crippen LogP) is 4.70. The zero-order chi connectivity index (χ0) is 25.2. The van der Waals surface area contributed by atoms with Gasteiger partial charge < -0.3 is 21.1 Å². The molecule has 5 rings (SSSR count). The van der Waals surface area contributed by atoms with Crippen molar-refractivity contribution in [2.45, 2.75) is 57.0 Å². The summed E-state index contributed by atoms with van der Waals surface area (Å²) >= 11 is 5.79. The van der Waals surface area contributed by atoms with Gasteiger partial charge in [-0.3, -0.25) is 9.36 Å². The van der Waals surface area contributed by atoms with Crippen molar-refractivity contribution in [1.29, 1.82) is 0 Å². The molecule has 1 atom stereocenters. The van der Waals surface area contributed by atoms with E-state index in [2.05, 4.69) is 20.6 Å². The summed E-state index contributed by atoms with van der Waals surface area (Å²) in [7, 11) is 0. The molecule has 3 heterocycles. The Balaban J connectivity index is 1.51. The maximum atomic E-state index is 14.6. The van der Waals surface area contributed by atoms with E-state index in [4.69, 9.17) is 27.1 Å². The molecule has 9 nitrogen and oxygen atoms in total. The van der Waals surface area contributed by atoms with E-state index < -0.39 is 11.6 Å². The number of nitrogens with two attached hydrogens (primary N) is 1. The first-order chi connectivity index (χ1) is 17.4. The molecule has 1 amide bonds. The van der Waals surface area contributed by atoms with Gasteiger partial charge in [-0.15, -0.1) is 0 Å². The average Bonchev–Trinajstić information content (AvgIpc) is 2.99. The van der Waals surface area contributed by atoms with E-state index in [9.17, 15) is 13.6 Å². The molecule has 1 saturated carbocycles. The van der Waals surface area contributed by atoms with Gasteiger partial charge in [0.05, 0.1) is 6.20 Å². The van der Waals surface area contributed by atoms with Crippen LogP contribution in [0.4, 0.5) is 26.4 Å². The molecule has 3 aromatic rings. The summed E-state index contributed by atoms with van der Waals surface area (Å²) in [5, 5.41) is 6.16. The number of hydrogen-bond donors (Lipinski definition) is 3. The summed E-state index contributed by atoms with van der Waals surface area (Å²) in [6, 6.07) is 2.16. The fourth-order valence-electron chi connectivity index (χ4n) is 5.02. The topological polar surface area (TPSA) is 120 Å². The van der Waals surface area contributed by atoms with E-state index >= 15 is 0 Å². The van der Waals surface area contributed by atoms with E-state index in [1.165, 1.54) is 0 Å². The van der Waals surface area contributed by atoms with Crippen molar-refractivity contribution in [2.24, 2.45) is 11.7 Å². The van der Waals surface area contributed by atoms with Gasteiger partial charge in [-0.2, -0.15) is 4.98 Å². The Kier molecular flexibility index (Phi) is 7.20. The number of nitrogens with one attached hydrogen (secondary N) is 2. The number of aromatic nitrogens is 4. The summed E-state index contributed by atoms with van der Waals surface area (Å²) in [5.41, 5.74) is 6.19. The number of primary amides is 1. The van der Waals surface area contributed by atoms with Crippen LogP contribution in [0.1, 0.15) is 51.0 Å². The van der Waals surface area contributed by atoms with Gasteiger partial charge in [-0.1, -0.05) is 11.6 Å². The highest BCUT2D eigenvalue weighted by Gasteiger charge is 2.30. The first-order valence-electron chi connectivity index (χ1n) is 12.2. The number of anilines is 3. The number of fused-ring (bicyclic) bond motifs is 1. The van der Waals surface area contributed by atoms with Crippen LogP contribution in [0.15, 0.2) is 18.3 Å². The van der Waals surface area contributed by atoms with Crippen molar-refractivity contribution in [1.82, 2.24) is 19.5 Å². The van der Waals surface area contributed by atoms with Crippen LogP contribution in [0.5, 0.6) is 0 Å². The van der Waals surface area contributed by atoms with Crippen molar-refractivity contribution in [3.05, 3.63) is 35.0 Å². The molecule has 1 unspecified atom stereocenters. The Bertz CT molecular complexity index is 1230. The molecule has 12 heteroatoms. The third-order valence-corrected chi connectivity index (χ3v) is 7.14. The molecular weight excluding hydrogens is 492 g/mol. The molecule has 192 valence electrons. The van der Waals surface area contributed by atoms with Gasteiger partial charge in [0.1, 0.15) is 11.2 Å². The molecule has 0 radical (unpaired) electrons. The lowest BCUT2D eigenvalue weighted by molar-refractivity contribution is -0.122. The number of halogens is 3. The second-order valence-corrected chi connectivity index (χ2v) is 9.81. The van der Waals surface area contributed by atoms with Crippen LogP contribution in [0, 0.1) is 17.6 Å². The van der Waals surface area contributed by atoms with Crippen LogP contribution in [0.3, 0.4) is 0 Å². The third kappa shape index (κ3) is 5.22. The van der Waals surface area contributed by atoms with Gasteiger partial charge in [0.25, 0.3) is 0 Å². The van der Waals surface area contributed by atoms with E-state index in [0.717, 1.165) is 38.0 Å². The number of carbonyl (C=O) groups is 1. The van der Waals surface area contributed by atoms with Crippen LogP contribution in [0.25, 0.3) is 11.2 Å². The zero-order valence-electron chi connectivity index (χ0n) is 19.6. The first kappa shape index (κ1) is 24.6. The van der Waals surface area contributed by atoms with E-state index in [0.29, 0.717) is 49.4 Å². The highest BCUT2D eigenvalue weighted by Crippen LogP contribution is 2.37. The van der Waals surface area contributed by atoms with Crippen LogP contribution in [-0.2, 0) is 9.53 Å². The molecule has 2 fully saturated rings. The molecule has 2 aliphatic rings. The monoisotopic (exact) mass is 519 g/mol. The first-order valence-corrected chi connectivity index (χ1v) is 12.6. The molecule has 0 bridgehead atoms. The number of rotatable bonds is 6. The summed E-state index contributed by atoms with van der Waals surface area (Å²) in [6.07, 6.45) is 6.86. The van der Waals surface area contributed by atoms with Crippen molar-refractivity contribution >= 4 is 46.3 Å². The number of benzene rings is 1. The molecule has 1 aliphatic heterocycles. The second kappa shape index (κ2) is 10.5. The second-order valence-electron chi connectivity index (χ2n) is 9.37. The SMILES string of the molecule is NC(=O)[C@H]1CC[C@@H](n2c(Nc3c(F)cc(Cl)cc3F)nc3cnc(NC4CCCOCC4)nc32)CC1. The minimum atomic E-state index is -0.833.